The fourth-order valence-electron chi connectivity index (χ4n) is 4.14. The number of carbonyl (C=O) groups excluding carboxylic acids is 1. The van der Waals surface area contributed by atoms with E-state index in [2.05, 4.69) is 0 Å². The number of piperidine rings is 1. The van der Waals surface area contributed by atoms with Gasteiger partial charge in [0.05, 0.1) is 31.3 Å². The van der Waals surface area contributed by atoms with Gasteiger partial charge in [-0.25, -0.2) is 9.48 Å². The second-order valence-electron chi connectivity index (χ2n) is 9.75. The molecule has 1 aromatic heterocycles. The minimum atomic E-state index is -1.16. The van der Waals surface area contributed by atoms with E-state index in [1.54, 1.807) is 19.1 Å². The van der Waals surface area contributed by atoms with Crippen LogP contribution < -0.4 is 9.47 Å². The van der Waals surface area contributed by atoms with Crippen LogP contribution in [0.4, 0.5) is 4.79 Å². The molecule has 0 spiro atoms. The summed E-state index contributed by atoms with van der Waals surface area (Å²) in [6, 6.07) is 17.3. The standard InChI is InChI=1S/C27H33N3O5/c1-26(2,3)35-25(31)29-16-14-27(32,15-17-29)24-18-23(19-6-10-21(33-4)11-7-19)30(28-24)20-8-12-22(34-5)13-9-20/h6-13,18,32H,14-17H2,1-5H3. The van der Waals surface area contributed by atoms with Gasteiger partial charge < -0.3 is 24.2 Å². The van der Waals surface area contributed by atoms with E-state index < -0.39 is 11.2 Å². The van der Waals surface area contributed by atoms with Gasteiger partial charge in [-0.05, 0) is 88.2 Å². The maximum Gasteiger partial charge on any atom is 0.410 e. The van der Waals surface area contributed by atoms with Gasteiger partial charge in [-0.15, -0.1) is 0 Å². The number of ether oxygens (including phenoxy) is 3. The molecule has 1 fully saturated rings. The number of rotatable bonds is 5. The Kier molecular flexibility index (Phi) is 6.76. The third kappa shape index (κ3) is 5.43. The van der Waals surface area contributed by atoms with Gasteiger partial charge in [0.1, 0.15) is 22.7 Å². The van der Waals surface area contributed by atoms with E-state index in [1.165, 1.54) is 0 Å². The second kappa shape index (κ2) is 9.62. The van der Waals surface area contributed by atoms with Gasteiger partial charge in [-0.1, -0.05) is 0 Å². The van der Waals surface area contributed by atoms with Crippen molar-refractivity contribution in [1.82, 2.24) is 14.7 Å². The summed E-state index contributed by atoms with van der Waals surface area (Å²) in [6.45, 7) is 6.31. The Labute approximate surface area is 206 Å². The minimum Gasteiger partial charge on any atom is -0.497 e. The summed E-state index contributed by atoms with van der Waals surface area (Å²) in [5, 5.41) is 16.4. The molecule has 2 heterocycles. The molecule has 8 nitrogen and oxygen atoms in total. The van der Waals surface area contributed by atoms with Gasteiger partial charge in [-0.3, -0.25) is 0 Å². The van der Waals surface area contributed by atoms with E-state index in [9.17, 15) is 9.90 Å². The first-order valence-corrected chi connectivity index (χ1v) is 11.7. The number of methoxy groups -OCH3 is 2. The monoisotopic (exact) mass is 479 g/mol. The number of carbonyl (C=O) groups is 1. The van der Waals surface area contributed by atoms with Crippen molar-refractivity contribution in [3.05, 3.63) is 60.3 Å². The van der Waals surface area contributed by atoms with Crippen LogP contribution in [0.15, 0.2) is 54.6 Å². The number of hydrogen-bond donors (Lipinski definition) is 1. The summed E-state index contributed by atoms with van der Waals surface area (Å²) in [4.78, 5) is 14.1. The summed E-state index contributed by atoms with van der Waals surface area (Å²) in [7, 11) is 3.26. The minimum absolute atomic E-state index is 0.359. The molecule has 8 heteroatoms. The van der Waals surface area contributed by atoms with E-state index in [4.69, 9.17) is 19.3 Å². The van der Waals surface area contributed by atoms with Crippen molar-refractivity contribution in [2.75, 3.05) is 27.3 Å². The maximum atomic E-state index is 12.5. The molecule has 3 aromatic rings. The molecular weight excluding hydrogens is 446 g/mol. The Bertz CT molecular complexity index is 1090. The molecule has 1 amide bonds. The SMILES string of the molecule is COc1ccc(-c2cc(C3(O)CCN(C(=O)OC(C)(C)C)CC3)nn2-c2ccc(OC)cc2)cc1. The number of aliphatic hydroxyl groups is 1. The maximum absolute atomic E-state index is 12.5. The van der Waals surface area contributed by atoms with Crippen LogP contribution in [0.2, 0.25) is 0 Å². The van der Waals surface area contributed by atoms with Crippen molar-refractivity contribution >= 4 is 6.09 Å². The van der Waals surface area contributed by atoms with E-state index in [-0.39, 0.29) is 6.09 Å². The predicted octanol–water partition coefficient (Wildman–Crippen LogP) is 4.78. The predicted molar refractivity (Wildman–Crippen MR) is 133 cm³/mol. The lowest BCUT2D eigenvalue weighted by Crippen LogP contribution is -2.47. The zero-order valence-electron chi connectivity index (χ0n) is 20.9. The molecule has 0 aliphatic carbocycles. The molecular formula is C27H33N3O5. The number of aromatic nitrogens is 2. The van der Waals surface area contributed by atoms with Crippen molar-refractivity contribution in [3.63, 3.8) is 0 Å². The lowest BCUT2D eigenvalue weighted by atomic mass is 9.88. The van der Waals surface area contributed by atoms with Gasteiger partial charge >= 0.3 is 6.09 Å². The van der Waals surface area contributed by atoms with Crippen molar-refractivity contribution in [2.24, 2.45) is 0 Å². The van der Waals surface area contributed by atoms with Crippen molar-refractivity contribution < 1.29 is 24.1 Å². The molecule has 0 unspecified atom stereocenters. The summed E-state index contributed by atoms with van der Waals surface area (Å²) < 4.78 is 17.9. The molecule has 4 rings (SSSR count). The lowest BCUT2D eigenvalue weighted by Gasteiger charge is -2.37. The normalized spacial score (nSPS) is 15.5. The number of amides is 1. The summed E-state index contributed by atoms with van der Waals surface area (Å²) in [5.74, 6) is 1.51. The Morgan fingerprint density at radius 3 is 2.00 bits per heavy atom. The smallest absolute Gasteiger partial charge is 0.410 e. The number of likely N-dealkylation sites (tertiary alicyclic amines) is 1. The van der Waals surface area contributed by atoms with Gasteiger partial charge in [0.15, 0.2) is 0 Å². The lowest BCUT2D eigenvalue weighted by molar-refractivity contribution is -0.0383. The molecule has 1 N–H and O–H groups in total. The van der Waals surface area contributed by atoms with E-state index in [0.717, 1.165) is 28.4 Å². The van der Waals surface area contributed by atoms with Crippen molar-refractivity contribution in [2.45, 2.75) is 44.8 Å². The number of hydrogen-bond acceptors (Lipinski definition) is 6. The topological polar surface area (TPSA) is 86.0 Å². The van der Waals surface area contributed by atoms with E-state index >= 15 is 0 Å². The van der Waals surface area contributed by atoms with Crippen LogP contribution in [-0.2, 0) is 10.3 Å². The number of nitrogens with zero attached hydrogens (tertiary/aromatic N) is 3. The molecule has 1 saturated heterocycles. The molecule has 1 aliphatic rings. The van der Waals surface area contributed by atoms with Gasteiger partial charge in [0, 0.05) is 18.7 Å². The van der Waals surface area contributed by atoms with Gasteiger partial charge in [0.25, 0.3) is 0 Å². The highest BCUT2D eigenvalue weighted by atomic mass is 16.6. The fraction of sp³-hybridized carbons (Fsp3) is 0.407. The van der Waals surface area contributed by atoms with E-state index in [0.29, 0.717) is 31.6 Å². The largest absolute Gasteiger partial charge is 0.497 e. The van der Waals surface area contributed by atoms with E-state index in [1.807, 2.05) is 80.1 Å². The summed E-state index contributed by atoms with van der Waals surface area (Å²) in [6.07, 6.45) is 0.379. The Morgan fingerprint density at radius 2 is 1.49 bits per heavy atom. The second-order valence-corrected chi connectivity index (χ2v) is 9.75. The zero-order valence-corrected chi connectivity index (χ0v) is 20.9. The van der Waals surface area contributed by atoms with Gasteiger partial charge in [-0.2, -0.15) is 5.10 Å². The average molecular weight is 480 g/mol. The summed E-state index contributed by atoms with van der Waals surface area (Å²) >= 11 is 0. The molecule has 0 saturated carbocycles. The van der Waals surface area contributed by atoms with Crippen LogP contribution in [0.1, 0.15) is 39.3 Å². The molecule has 0 radical (unpaired) electrons. The zero-order chi connectivity index (χ0) is 25.2. The first-order chi connectivity index (χ1) is 16.6. The van der Waals surface area contributed by atoms with Crippen LogP contribution >= 0.6 is 0 Å². The first kappa shape index (κ1) is 24.6. The quantitative estimate of drug-likeness (QED) is 0.567. The highest BCUT2D eigenvalue weighted by Gasteiger charge is 2.39. The Morgan fingerprint density at radius 1 is 0.943 bits per heavy atom. The molecule has 186 valence electrons. The average Bonchev–Trinajstić information content (AvgIpc) is 3.30. The molecule has 0 bridgehead atoms. The van der Waals surface area contributed by atoms with Crippen LogP contribution in [-0.4, -0.2) is 58.8 Å². The van der Waals surface area contributed by atoms with Crippen LogP contribution in [0.5, 0.6) is 11.5 Å². The first-order valence-electron chi connectivity index (χ1n) is 11.7. The molecule has 0 atom stereocenters. The van der Waals surface area contributed by atoms with Crippen LogP contribution in [0.3, 0.4) is 0 Å². The van der Waals surface area contributed by atoms with Crippen molar-refractivity contribution in [1.29, 1.82) is 0 Å². The van der Waals surface area contributed by atoms with Gasteiger partial charge in [0.2, 0.25) is 0 Å². The summed E-state index contributed by atoms with van der Waals surface area (Å²) in [5.41, 5.74) is 1.48. The van der Waals surface area contributed by atoms with Crippen LogP contribution in [0.25, 0.3) is 16.9 Å². The van der Waals surface area contributed by atoms with Crippen molar-refractivity contribution in [3.8, 4) is 28.4 Å². The Hall–Kier alpha value is -3.52. The molecule has 2 aromatic carbocycles. The highest BCUT2D eigenvalue weighted by molar-refractivity contribution is 5.68. The third-order valence-electron chi connectivity index (χ3n) is 6.13. The molecule has 1 aliphatic heterocycles. The fourth-order valence-corrected chi connectivity index (χ4v) is 4.14. The molecule has 35 heavy (non-hydrogen) atoms. The van der Waals surface area contributed by atoms with Crippen LogP contribution in [0, 0.1) is 0 Å². The number of benzene rings is 2. The highest BCUT2D eigenvalue weighted by Crippen LogP contribution is 2.36. The Balaban J connectivity index is 1.65. The third-order valence-corrected chi connectivity index (χ3v) is 6.13.